The first-order valence-corrected chi connectivity index (χ1v) is 9.06. The van der Waals surface area contributed by atoms with E-state index < -0.39 is 5.60 Å². The van der Waals surface area contributed by atoms with Gasteiger partial charge in [-0.15, -0.1) is 0 Å². The molecule has 3 aliphatic heterocycles. The monoisotopic (exact) mass is 357 g/mol. The molecule has 3 heterocycles. The lowest BCUT2D eigenvalue weighted by atomic mass is 9.90. The summed E-state index contributed by atoms with van der Waals surface area (Å²) in [6.45, 7) is 2.09. The molecule has 0 bridgehead atoms. The summed E-state index contributed by atoms with van der Waals surface area (Å²) in [5.74, 6) is 0.324. The van der Waals surface area contributed by atoms with Crippen LogP contribution in [-0.2, 0) is 9.59 Å². The van der Waals surface area contributed by atoms with E-state index in [9.17, 15) is 14.4 Å². The molecule has 3 amide bonds. The molecule has 7 heteroatoms. The maximum Gasteiger partial charge on any atom is 0.255 e. The van der Waals surface area contributed by atoms with Crippen molar-refractivity contribution in [2.75, 3.05) is 33.2 Å². The first-order valence-electron chi connectivity index (χ1n) is 9.06. The molecule has 2 fully saturated rings. The van der Waals surface area contributed by atoms with E-state index >= 15 is 0 Å². The highest BCUT2D eigenvalue weighted by molar-refractivity contribution is 5.97. The standard InChI is InChI=1S/C19H23N3O4/c1-21-11-13(10-16(21)23)18(25)22-8-6-19(7-9-22)12-20-17(24)14-4-2-3-5-15(14)26-19/h2-5,13H,6-12H2,1H3,(H,20,24)/t13-/m0/s1. The van der Waals surface area contributed by atoms with Crippen LogP contribution in [0.4, 0.5) is 0 Å². The van der Waals surface area contributed by atoms with Gasteiger partial charge in [0.25, 0.3) is 5.91 Å². The first kappa shape index (κ1) is 16.9. The second-order valence-electron chi connectivity index (χ2n) is 7.46. The number of carbonyl (C=O) groups excluding carboxylic acids is 3. The second kappa shape index (κ2) is 6.30. The third kappa shape index (κ3) is 2.91. The van der Waals surface area contributed by atoms with Gasteiger partial charge in [0, 0.05) is 45.9 Å². The molecular formula is C19H23N3O4. The molecule has 0 unspecified atom stereocenters. The molecule has 1 spiro atoms. The SMILES string of the molecule is CN1C[C@@H](C(=O)N2CCC3(CC2)CNC(=O)c2ccccc2O3)CC1=O. The number of hydrogen-bond acceptors (Lipinski definition) is 4. The molecule has 1 aromatic rings. The van der Waals surface area contributed by atoms with Crippen LogP contribution in [0.3, 0.4) is 0 Å². The number of carbonyl (C=O) groups is 3. The summed E-state index contributed by atoms with van der Waals surface area (Å²) >= 11 is 0. The van der Waals surface area contributed by atoms with Crippen molar-refractivity contribution < 1.29 is 19.1 Å². The number of hydrogen-bond donors (Lipinski definition) is 1. The molecule has 0 aromatic heterocycles. The Balaban J connectivity index is 1.44. The Labute approximate surface area is 152 Å². The van der Waals surface area contributed by atoms with Crippen molar-refractivity contribution in [3.05, 3.63) is 29.8 Å². The van der Waals surface area contributed by atoms with Crippen LogP contribution in [0.15, 0.2) is 24.3 Å². The highest BCUT2D eigenvalue weighted by Crippen LogP contribution is 2.33. The Kier molecular flexibility index (Phi) is 4.09. The van der Waals surface area contributed by atoms with E-state index in [2.05, 4.69) is 5.32 Å². The Bertz CT molecular complexity index is 755. The fraction of sp³-hybridized carbons (Fsp3) is 0.526. The molecule has 0 aliphatic carbocycles. The number of benzene rings is 1. The summed E-state index contributed by atoms with van der Waals surface area (Å²) in [7, 11) is 1.74. The Hall–Kier alpha value is -2.57. The lowest BCUT2D eigenvalue weighted by Crippen LogP contribution is -2.55. The Morgan fingerprint density at radius 2 is 1.96 bits per heavy atom. The molecule has 2 saturated heterocycles. The fourth-order valence-corrected chi connectivity index (χ4v) is 4.05. The third-order valence-electron chi connectivity index (χ3n) is 5.71. The summed E-state index contributed by atoms with van der Waals surface area (Å²) in [4.78, 5) is 40.1. The van der Waals surface area contributed by atoms with Crippen LogP contribution < -0.4 is 10.1 Å². The predicted octanol–water partition coefficient (Wildman–Crippen LogP) is 0.648. The quantitative estimate of drug-likeness (QED) is 0.800. The minimum absolute atomic E-state index is 0.0308. The molecule has 1 aromatic carbocycles. The van der Waals surface area contributed by atoms with E-state index in [-0.39, 0.29) is 23.6 Å². The maximum atomic E-state index is 12.7. The number of piperidine rings is 1. The molecule has 0 radical (unpaired) electrons. The van der Waals surface area contributed by atoms with Gasteiger partial charge in [-0.05, 0) is 12.1 Å². The van der Waals surface area contributed by atoms with Gasteiger partial charge in [0.2, 0.25) is 11.8 Å². The lowest BCUT2D eigenvalue weighted by molar-refractivity contribution is -0.139. The van der Waals surface area contributed by atoms with Gasteiger partial charge in [0.05, 0.1) is 18.0 Å². The average molecular weight is 357 g/mol. The van der Waals surface area contributed by atoms with Gasteiger partial charge in [-0.25, -0.2) is 0 Å². The van der Waals surface area contributed by atoms with Crippen molar-refractivity contribution in [1.29, 1.82) is 0 Å². The van der Waals surface area contributed by atoms with Gasteiger partial charge in [0.1, 0.15) is 11.4 Å². The maximum absolute atomic E-state index is 12.7. The molecule has 1 atom stereocenters. The van der Waals surface area contributed by atoms with Gasteiger partial charge < -0.3 is 19.9 Å². The summed E-state index contributed by atoms with van der Waals surface area (Å²) in [6.07, 6.45) is 1.62. The molecule has 1 N–H and O–H groups in total. The van der Waals surface area contributed by atoms with E-state index in [0.717, 1.165) is 0 Å². The summed E-state index contributed by atoms with van der Waals surface area (Å²) in [6, 6.07) is 7.26. The zero-order chi connectivity index (χ0) is 18.3. The number of likely N-dealkylation sites (tertiary alicyclic amines) is 2. The molecule has 26 heavy (non-hydrogen) atoms. The second-order valence-corrected chi connectivity index (χ2v) is 7.46. The van der Waals surface area contributed by atoms with Crippen molar-refractivity contribution in [3.8, 4) is 5.75 Å². The van der Waals surface area contributed by atoms with Crippen molar-refractivity contribution in [2.24, 2.45) is 5.92 Å². The van der Waals surface area contributed by atoms with E-state index in [1.807, 2.05) is 23.1 Å². The topological polar surface area (TPSA) is 79.0 Å². The highest BCUT2D eigenvalue weighted by atomic mass is 16.5. The van der Waals surface area contributed by atoms with Crippen molar-refractivity contribution in [1.82, 2.24) is 15.1 Å². The molecular weight excluding hydrogens is 334 g/mol. The first-order chi connectivity index (χ1) is 12.5. The number of nitrogens with one attached hydrogen (secondary N) is 1. The number of fused-ring (bicyclic) bond motifs is 1. The molecule has 0 saturated carbocycles. The molecule has 7 nitrogen and oxygen atoms in total. The van der Waals surface area contributed by atoms with Crippen LogP contribution in [0.25, 0.3) is 0 Å². The number of amides is 3. The van der Waals surface area contributed by atoms with Crippen molar-refractivity contribution in [3.63, 3.8) is 0 Å². The van der Waals surface area contributed by atoms with Crippen molar-refractivity contribution >= 4 is 17.7 Å². The van der Waals surface area contributed by atoms with Gasteiger partial charge >= 0.3 is 0 Å². The van der Waals surface area contributed by atoms with Crippen LogP contribution in [0.5, 0.6) is 5.75 Å². The third-order valence-corrected chi connectivity index (χ3v) is 5.71. The number of rotatable bonds is 1. The van der Waals surface area contributed by atoms with Gasteiger partial charge in [-0.1, -0.05) is 12.1 Å². The zero-order valence-corrected chi connectivity index (χ0v) is 14.9. The van der Waals surface area contributed by atoms with Crippen LogP contribution in [0, 0.1) is 5.92 Å². The largest absolute Gasteiger partial charge is 0.484 e. The predicted molar refractivity (Wildman–Crippen MR) is 93.7 cm³/mol. The molecule has 138 valence electrons. The van der Waals surface area contributed by atoms with Crippen LogP contribution >= 0.6 is 0 Å². The van der Waals surface area contributed by atoms with E-state index in [4.69, 9.17) is 4.74 Å². The van der Waals surface area contributed by atoms with Crippen LogP contribution in [-0.4, -0.2) is 66.3 Å². The van der Waals surface area contributed by atoms with Crippen LogP contribution in [0.2, 0.25) is 0 Å². The van der Waals surface area contributed by atoms with E-state index in [0.29, 0.717) is 56.8 Å². The smallest absolute Gasteiger partial charge is 0.255 e. The van der Waals surface area contributed by atoms with Gasteiger partial charge in [0.15, 0.2) is 0 Å². The number of para-hydroxylation sites is 1. The summed E-state index contributed by atoms with van der Waals surface area (Å²) in [5.41, 5.74) is 0.0665. The Morgan fingerprint density at radius 1 is 1.23 bits per heavy atom. The van der Waals surface area contributed by atoms with Gasteiger partial charge in [-0.3, -0.25) is 14.4 Å². The molecule has 3 aliphatic rings. The van der Waals surface area contributed by atoms with E-state index in [1.165, 1.54) is 0 Å². The number of nitrogens with zero attached hydrogens (tertiary/aromatic N) is 2. The molecule has 4 rings (SSSR count). The van der Waals surface area contributed by atoms with Gasteiger partial charge in [-0.2, -0.15) is 0 Å². The van der Waals surface area contributed by atoms with Crippen molar-refractivity contribution in [2.45, 2.75) is 24.9 Å². The van der Waals surface area contributed by atoms with Crippen LogP contribution in [0.1, 0.15) is 29.6 Å². The minimum Gasteiger partial charge on any atom is -0.484 e. The number of ether oxygens (including phenoxy) is 1. The highest BCUT2D eigenvalue weighted by Gasteiger charge is 2.43. The zero-order valence-electron chi connectivity index (χ0n) is 14.9. The summed E-state index contributed by atoms with van der Waals surface area (Å²) < 4.78 is 6.26. The Morgan fingerprint density at radius 3 is 2.65 bits per heavy atom. The lowest BCUT2D eigenvalue weighted by Gasteiger charge is -2.41. The van der Waals surface area contributed by atoms with E-state index in [1.54, 1.807) is 18.0 Å². The minimum atomic E-state index is -0.485. The average Bonchev–Trinajstić information content (AvgIpc) is 2.92. The normalized spacial score (nSPS) is 24.7. The summed E-state index contributed by atoms with van der Waals surface area (Å²) in [5, 5.41) is 2.95. The fourth-order valence-electron chi connectivity index (χ4n) is 4.05.